The van der Waals surface area contributed by atoms with Crippen molar-refractivity contribution < 1.29 is 41.5 Å². The molecule has 3 fully saturated rings. The lowest BCUT2D eigenvalue weighted by molar-refractivity contribution is -0.151. The highest BCUT2D eigenvalue weighted by Crippen LogP contribution is 2.50. The van der Waals surface area contributed by atoms with Gasteiger partial charge in [-0.25, -0.2) is 17.6 Å². The zero-order valence-electron chi connectivity index (χ0n) is 32.0. The summed E-state index contributed by atoms with van der Waals surface area (Å²) >= 11 is 0. The number of halogens is 4. The van der Waals surface area contributed by atoms with E-state index in [9.17, 15) is 32.8 Å². The molecule has 0 radical (unpaired) electrons. The summed E-state index contributed by atoms with van der Waals surface area (Å²) < 4.78 is 59.8. The van der Waals surface area contributed by atoms with Crippen LogP contribution in [0.15, 0.2) is 42.6 Å². The van der Waals surface area contributed by atoms with Crippen LogP contribution < -0.4 is 10.6 Å². The van der Waals surface area contributed by atoms with Gasteiger partial charge in [0.05, 0.1) is 42.0 Å². The molecule has 3 atom stereocenters. The van der Waals surface area contributed by atoms with Gasteiger partial charge in [-0.15, -0.1) is 0 Å². The van der Waals surface area contributed by atoms with Crippen molar-refractivity contribution in [1.82, 2.24) is 35.1 Å². The van der Waals surface area contributed by atoms with Crippen LogP contribution in [-0.2, 0) is 33.9 Å². The number of H-pyrrole nitrogens is 1. The molecule has 1 saturated carbocycles. The lowest BCUT2D eigenvalue weighted by atomic mass is 9.60. The van der Waals surface area contributed by atoms with Crippen LogP contribution in [-0.4, -0.2) is 110 Å². The summed E-state index contributed by atoms with van der Waals surface area (Å²) in [5.41, 5.74) is 4.15. The van der Waals surface area contributed by atoms with Gasteiger partial charge in [-0.2, -0.15) is 5.10 Å². The van der Waals surface area contributed by atoms with Gasteiger partial charge < -0.3 is 10.2 Å². The number of fused-ring (bicyclic) bond motifs is 5. The number of hydrogen-bond donors (Lipinski definition) is 3. The van der Waals surface area contributed by atoms with Gasteiger partial charge in [-0.05, 0) is 85.2 Å². The van der Waals surface area contributed by atoms with Crippen LogP contribution in [0.5, 0.6) is 0 Å². The van der Waals surface area contributed by atoms with Crippen molar-refractivity contribution in [2.24, 2.45) is 5.41 Å². The van der Waals surface area contributed by atoms with E-state index in [4.69, 9.17) is 0 Å². The van der Waals surface area contributed by atoms with Crippen LogP contribution in [0.4, 0.5) is 23.2 Å². The predicted octanol–water partition coefficient (Wildman–Crippen LogP) is 4.26. The van der Waals surface area contributed by atoms with Gasteiger partial charge in [0.1, 0.15) is 17.7 Å². The average Bonchev–Trinajstić information content (AvgIpc) is 3.85. The van der Waals surface area contributed by atoms with E-state index in [1.165, 1.54) is 17.0 Å². The maximum absolute atomic E-state index is 16.1. The Morgan fingerprint density at radius 3 is 2.31 bits per heavy atom. The molecule has 13 nitrogen and oxygen atoms in total. The average molecular weight is 813 g/mol. The Morgan fingerprint density at radius 2 is 1.66 bits per heavy atom. The molecule has 5 amide bonds. The van der Waals surface area contributed by atoms with Crippen LogP contribution in [0.2, 0.25) is 0 Å². The number of carbonyl (C=O) groups is 5. The summed E-state index contributed by atoms with van der Waals surface area (Å²) in [6.07, 6.45) is 0.916. The molecule has 3 N–H and O–H groups in total. The molecule has 1 unspecified atom stereocenters. The molecule has 59 heavy (non-hydrogen) atoms. The maximum atomic E-state index is 16.1. The van der Waals surface area contributed by atoms with Gasteiger partial charge in [0.15, 0.2) is 0 Å². The van der Waals surface area contributed by atoms with E-state index in [1.807, 2.05) is 4.90 Å². The number of aromatic amines is 1. The first-order chi connectivity index (χ1) is 28.3. The summed E-state index contributed by atoms with van der Waals surface area (Å²) in [6.45, 7) is 3.25. The van der Waals surface area contributed by atoms with Crippen LogP contribution in [0.25, 0.3) is 10.9 Å². The van der Waals surface area contributed by atoms with Gasteiger partial charge in [0.2, 0.25) is 17.7 Å². The summed E-state index contributed by atoms with van der Waals surface area (Å²) in [7, 11) is 0. The van der Waals surface area contributed by atoms with Crippen molar-refractivity contribution in [3.8, 4) is 0 Å². The van der Waals surface area contributed by atoms with Crippen LogP contribution in [0.1, 0.15) is 87.2 Å². The first kappa shape index (κ1) is 37.6. The quantitative estimate of drug-likeness (QED) is 0.175. The number of piperidine rings is 1. The Morgan fingerprint density at radius 1 is 0.983 bits per heavy atom. The molecule has 1 spiro atoms. The molecule has 6 aliphatic rings. The second kappa shape index (κ2) is 13.7. The minimum atomic E-state index is -2.70. The summed E-state index contributed by atoms with van der Waals surface area (Å²) in [5, 5.41) is 13.3. The fraction of sp³-hybridized carbons (Fsp3) is 0.429. The minimum Gasteiger partial charge on any atom is -0.382 e. The number of hydrogen-bond acceptors (Lipinski definition) is 9. The number of aromatic nitrogens is 2. The molecule has 3 aromatic carbocycles. The third kappa shape index (κ3) is 6.19. The number of benzene rings is 3. The number of imide groups is 2. The molecule has 5 aliphatic heterocycles. The highest BCUT2D eigenvalue weighted by Gasteiger charge is 2.54. The summed E-state index contributed by atoms with van der Waals surface area (Å²) in [4.78, 5) is 70.1. The highest BCUT2D eigenvalue weighted by atomic mass is 19.3. The molecule has 1 aliphatic carbocycles. The van der Waals surface area contributed by atoms with E-state index < -0.39 is 66.4 Å². The van der Waals surface area contributed by atoms with Gasteiger partial charge >= 0.3 is 0 Å². The number of nitrogens with one attached hydrogen (secondary N) is 3. The number of nitrogens with zero attached hydrogens (tertiary/aromatic N) is 5. The zero-order valence-corrected chi connectivity index (χ0v) is 32.0. The number of rotatable bonds is 8. The van der Waals surface area contributed by atoms with E-state index in [2.05, 4.69) is 20.8 Å². The summed E-state index contributed by atoms with van der Waals surface area (Å²) in [6, 6.07) is 6.73. The second-order valence-corrected chi connectivity index (χ2v) is 17.1. The van der Waals surface area contributed by atoms with Crippen molar-refractivity contribution in [2.75, 3.05) is 31.5 Å². The van der Waals surface area contributed by atoms with Crippen LogP contribution >= 0.6 is 0 Å². The zero-order chi connectivity index (χ0) is 41.1. The molecule has 4 aromatic rings. The second-order valence-electron chi connectivity index (χ2n) is 17.1. The third-order valence-electron chi connectivity index (χ3n) is 13.2. The molecule has 1 aromatic heterocycles. The van der Waals surface area contributed by atoms with Gasteiger partial charge in [-0.1, -0.05) is 6.07 Å². The van der Waals surface area contributed by atoms with Gasteiger partial charge in [0, 0.05) is 66.7 Å². The highest BCUT2D eigenvalue weighted by molar-refractivity contribution is 6.23. The Labute approximate surface area is 335 Å². The number of likely N-dealkylation sites (tertiary alicyclic amines) is 1. The lowest BCUT2D eigenvalue weighted by Crippen LogP contribution is -2.66. The van der Waals surface area contributed by atoms with E-state index >= 15 is 8.78 Å². The number of alkyl halides is 2. The Balaban J connectivity index is 0.751. The van der Waals surface area contributed by atoms with Crippen molar-refractivity contribution in [1.29, 1.82) is 0 Å². The molecule has 17 heteroatoms. The van der Waals surface area contributed by atoms with Gasteiger partial charge in [-0.3, -0.25) is 49.1 Å². The SMILES string of the molecule is C[C@@H]1Cc2c(ccc3[nH]ncc23)[C@@H](c2c(F)cc(NC3CC4(C3)CN(C(=O)CN3Cc5cc6c(cc5C3)C(=O)N(C3CCC(=O)NC3=O)C6=O)C4)cc2F)N1CC(F)F. The van der Waals surface area contributed by atoms with Crippen molar-refractivity contribution in [3.05, 3.63) is 93.2 Å². The molecular weight excluding hydrogens is 773 g/mol. The van der Waals surface area contributed by atoms with Crippen molar-refractivity contribution >= 4 is 46.1 Å². The Bertz CT molecular complexity index is 2430. The van der Waals surface area contributed by atoms with Crippen LogP contribution in [0.3, 0.4) is 0 Å². The molecule has 6 heterocycles. The third-order valence-corrected chi connectivity index (χ3v) is 13.2. The molecule has 2 saturated heterocycles. The largest absolute Gasteiger partial charge is 0.382 e. The molecule has 306 valence electrons. The lowest BCUT2D eigenvalue weighted by Gasteiger charge is -2.59. The molecular formula is C42H40F4N8O5. The predicted molar refractivity (Wildman–Crippen MR) is 203 cm³/mol. The normalized spacial score (nSPS) is 24.1. The monoisotopic (exact) mass is 812 g/mol. The number of anilines is 1. The standard InChI is InChI=1S/C42H40F4N8O5/c1-20-6-26-25(2-3-32-29(26)13-47-50-32)38(53(20)16-34(45)46)37-30(43)9-23(10-31(37)44)48-24-11-42(12-24)18-52(19-42)36(56)17-51-14-21-7-27-28(8-22(21)15-51)41(59)54(40(27)58)33-4-5-35(55)49-39(33)57/h2-3,7-10,13,20,24,33-34,38,48H,4-6,11-12,14-19H2,1H3,(H,47,50)(H,49,55,57)/t20-,33?,38+/m1/s1. The minimum absolute atomic E-state index is 0.0402. The fourth-order valence-corrected chi connectivity index (χ4v) is 10.5. The van der Waals surface area contributed by atoms with Crippen molar-refractivity contribution in [2.45, 2.75) is 82.7 Å². The van der Waals surface area contributed by atoms with Crippen LogP contribution in [0, 0.1) is 17.0 Å². The van der Waals surface area contributed by atoms with E-state index in [1.54, 1.807) is 42.3 Å². The Kier molecular flexibility index (Phi) is 8.72. The smallest absolute Gasteiger partial charge is 0.262 e. The number of carbonyl (C=O) groups excluding carboxylic acids is 5. The topological polar surface area (TPSA) is 151 Å². The summed E-state index contributed by atoms with van der Waals surface area (Å²) in [5.74, 6) is -3.93. The maximum Gasteiger partial charge on any atom is 0.262 e. The fourth-order valence-electron chi connectivity index (χ4n) is 10.5. The molecule has 0 bridgehead atoms. The first-order valence-electron chi connectivity index (χ1n) is 19.9. The first-order valence-corrected chi connectivity index (χ1v) is 19.9. The van der Waals surface area contributed by atoms with Crippen molar-refractivity contribution in [3.63, 3.8) is 0 Å². The number of amides is 5. The Hall–Kier alpha value is -5.68. The van der Waals surface area contributed by atoms with E-state index in [0.29, 0.717) is 51.0 Å². The van der Waals surface area contributed by atoms with Gasteiger partial charge in [0.25, 0.3) is 18.2 Å². The van der Waals surface area contributed by atoms with E-state index in [0.717, 1.165) is 32.5 Å². The molecule has 10 rings (SSSR count). The van der Waals surface area contributed by atoms with E-state index in [-0.39, 0.29) is 59.1 Å².